The summed E-state index contributed by atoms with van der Waals surface area (Å²) in [5, 5.41) is 3.54. The number of sulfonamides is 1. The van der Waals surface area contributed by atoms with E-state index in [0.717, 1.165) is 34.3 Å². The molecular weight excluding hydrogens is 595 g/mol. The molecule has 41 heavy (non-hydrogen) atoms. The highest BCUT2D eigenvalue weighted by molar-refractivity contribution is 7.92. The van der Waals surface area contributed by atoms with E-state index in [1.165, 1.54) is 4.90 Å². The van der Waals surface area contributed by atoms with Crippen molar-refractivity contribution < 1.29 is 26.8 Å². The zero-order valence-corrected chi connectivity index (χ0v) is 24.9. The first kappa shape index (κ1) is 32.3. The van der Waals surface area contributed by atoms with Crippen molar-refractivity contribution in [1.29, 1.82) is 0 Å². The van der Waals surface area contributed by atoms with Crippen LogP contribution < -0.4 is 9.62 Å². The third kappa shape index (κ3) is 9.14. The van der Waals surface area contributed by atoms with Crippen LogP contribution in [-0.2, 0) is 32.6 Å². The maximum Gasteiger partial charge on any atom is 0.243 e. The molecule has 0 radical (unpaired) electrons. The lowest BCUT2D eigenvalue weighted by molar-refractivity contribution is -0.141. The number of carbonyl (C=O) groups is 2. The third-order valence-electron chi connectivity index (χ3n) is 6.32. The molecule has 0 aromatic heterocycles. The summed E-state index contributed by atoms with van der Waals surface area (Å²) in [6.45, 7) is 1.96. The molecule has 0 aliphatic rings. The number of anilines is 1. The summed E-state index contributed by atoms with van der Waals surface area (Å²) in [7, 11) is -3.88. The molecule has 0 saturated carbocycles. The first-order chi connectivity index (χ1) is 19.4. The summed E-state index contributed by atoms with van der Waals surface area (Å²) in [4.78, 5) is 28.4. The minimum absolute atomic E-state index is 0.00241. The fraction of sp³-hybridized carbons (Fsp3) is 0.310. The normalized spacial score (nSPS) is 12.0. The average molecular weight is 627 g/mol. The van der Waals surface area contributed by atoms with E-state index in [1.807, 2.05) is 30.3 Å². The second kappa shape index (κ2) is 14.6. The molecule has 1 atom stereocenters. The molecule has 0 fully saturated rings. The van der Waals surface area contributed by atoms with Gasteiger partial charge in [-0.2, -0.15) is 0 Å². The van der Waals surface area contributed by atoms with Crippen LogP contribution in [-0.4, -0.2) is 50.5 Å². The van der Waals surface area contributed by atoms with Crippen molar-refractivity contribution in [3.63, 3.8) is 0 Å². The molecule has 12 heteroatoms. The second-order valence-corrected chi connectivity index (χ2v) is 12.1. The Bertz CT molecular complexity index is 1480. The van der Waals surface area contributed by atoms with E-state index in [1.54, 1.807) is 25.1 Å². The summed E-state index contributed by atoms with van der Waals surface area (Å²) in [6, 6.07) is 16.0. The van der Waals surface area contributed by atoms with Crippen LogP contribution in [0.5, 0.6) is 0 Å². The van der Waals surface area contributed by atoms with Gasteiger partial charge < -0.3 is 10.2 Å². The van der Waals surface area contributed by atoms with Crippen LogP contribution in [0.1, 0.15) is 30.9 Å². The largest absolute Gasteiger partial charge is 0.355 e. The summed E-state index contributed by atoms with van der Waals surface area (Å²) < 4.78 is 53.1. The van der Waals surface area contributed by atoms with Gasteiger partial charge in [0.1, 0.15) is 6.04 Å². The van der Waals surface area contributed by atoms with Crippen molar-refractivity contribution in [2.45, 2.75) is 38.8 Å². The van der Waals surface area contributed by atoms with Crippen LogP contribution >= 0.6 is 23.2 Å². The van der Waals surface area contributed by atoms with Crippen molar-refractivity contribution in [3.05, 3.63) is 99.5 Å². The van der Waals surface area contributed by atoms with Crippen molar-refractivity contribution in [3.8, 4) is 0 Å². The molecule has 0 bridgehead atoms. The van der Waals surface area contributed by atoms with Crippen LogP contribution in [0.25, 0.3) is 0 Å². The molecule has 1 N–H and O–H groups in total. The summed E-state index contributed by atoms with van der Waals surface area (Å²) >= 11 is 12.5. The van der Waals surface area contributed by atoms with Crippen LogP contribution in [0.4, 0.5) is 14.5 Å². The number of carbonyl (C=O) groups excluding carboxylic acids is 2. The highest BCUT2D eigenvalue weighted by Crippen LogP contribution is 2.25. The van der Waals surface area contributed by atoms with Gasteiger partial charge >= 0.3 is 0 Å². The van der Waals surface area contributed by atoms with Gasteiger partial charge in [0.25, 0.3) is 0 Å². The number of nitrogens with zero attached hydrogens (tertiary/aromatic N) is 2. The minimum atomic E-state index is -3.88. The molecule has 2 amide bonds. The van der Waals surface area contributed by atoms with Crippen molar-refractivity contribution in [1.82, 2.24) is 10.2 Å². The topological polar surface area (TPSA) is 86.8 Å². The number of halogens is 4. The summed E-state index contributed by atoms with van der Waals surface area (Å²) in [5.41, 5.74) is 1.35. The van der Waals surface area contributed by atoms with E-state index in [0.29, 0.717) is 22.2 Å². The van der Waals surface area contributed by atoms with E-state index in [4.69, 9.17) is 23.2 Å². The molecule has 0 aliphatic heterocycles. The first-order valence-electron chi connectivity index (χ1n) is 12.9. The van der Waals surface area contributed by atoms with E-state index >= 15 is 0 Å². The van der Waals surface area contributed by atoms with Gasteiger partial charge in [-0.1, -0.05) is 59.6 Å². The maximum absolute atomic E-state index is 13.8. The van der Waals surface area contributed by atoms with Gasteiger partial charge in [-0.15, -0.1) is 0 Å². The van der Waals surface area contributed by atoms with Gasteiger partial charge in [-0.05, 0) is 48.7 Å². The van der Waals surface area contributed by atoms with Gasteiger partial charge in [-0.25, -0.2) is 17.2 Å². The van der Waals surface area contributed by atoms with Crippen molar-refractivity contribution in [2.75, 3.05) is 23.7 Å². The Morgan fingerprint density at radius 2 is 1.68 bits per heavy atom. The third-order valence-corrected chi connectivity index (χ3v) is 8.10. The SMILES string of the molecule is CCNC(=O)[C@H](Cc1ccccc1)N(Cc1ccc(Cl)cc1Cl)C(=O)CCCN(c1ccc(F)c(F)c1)S(C)(=O)=O. The van der Waals surface area contributed by atoms with Crippen LogP contribution in [0.3, 0.4) is 0 Å². The lowest BCUT2D eigenvalue weighted by Gasteiger charge is -2.32. The van der Waals surface area contributed by atoms with E-state index < -0.39 is 33.6 Å². The first-order valence-corrected chi connectivity index (χ1v) is 15.5. The summed E-state index contributed by atoms with van der Waals surface area (Å²) in [5.74, 6) is -3.07. The van der Waals surface area contributed by atoms with E-state index in [2.05, 4.69) is 5.32 Å². The molecule has 0 saturated heterocycles. The molecule has 0 heterocycles. The molecule has 3 aromatic carbocycles. The Kier molecular flexibility index (Phi) is 11.5. The van der Waals surface area contributed by atoms with Gasteiger partial charge in [0, 0.05) is 48.6 Å². The lowest BCUT2D eigenvalue weighted by atomic mass is 10.0. The lowest BCUT2D eigenvalue weighted by Crippen LogP contribution is -2.50. The Hall–Kier alpha value is -3.21. The summed E-state index contributed by atoms with van der Waals surface area (Å²) in [6.07, 6.45) is 1.08. The predicted octanol–water partition coefficient (Wildman–Crippen LogP) is 5.59. The second-order valence-electron chi connectivity index (χ2n) is 9.39. The Balaban J connectivity index is 1.89. The quantitative estimate of drug-likeness (QED) is 0.268. The molecule has 3 aromatic rings. The Morgan fingerprint density at radius 1 is 0.976 bits per heavy atom. The monoisotopic (exact) mass is 625 g/mol. The molecular formula is C29H31Cl2F2N3O4S. The van der Waals surface area contributed by atoms with Crippen molar-refractivity contribution >= 4 is 50.7 Å². The molecule has 0 unspecified atom stereocenters. The van der Waals surface area contributed by atoms with Crippen LogP contribution in [0.15, 0.2) is 66.7 Å². The standard InChI is InChI=1S/C29H31Cl2F2N3O4S/c1-3-34-29(38)27(16-20-8-5-4-6-9-20)35(19-21-11-12-22(30)17-24(21)31)28(37)10-7-15-36(41(2,39)40)23-13-14-25(32)26(33)18-23/h4-6,8-9,11-14,17-18,27H,3,7,10,15-16,19H2,1-2H3,(H,34,38)/t27-/m0/s1. The molecule has 7 nitrogen and oxygen atoms in total. The minimum Gasteiger partial charge on any atom is -0.355 e. The Morgan fingerprint density at radius 3 is 2.29 bits per heavy atom. The number of nitrogens with one attached hydrogen (secondary N) is 1. The highest BCUT2D eigenvalue weighted by atomic mass is 35.5. The fourth-order valence-corrected chi connectivity index (χ4v) is 5.75. The van der Waals surface area contributed by atoms with Crippen LogP contribution in [0, 0.1) is 11.6 Å². The van der Waals surface area contributed by atoms with Crippen LogP contribution in [0.2, 0.25) is 10.0 Å². The molecule has 220 valence electrons. The smallest absolute Gasteiger partial charge is 0.243 e. The van der Waals surface area contributed by atoms with Gasteiger partial charge in [0.05, 0.1) is 11.9 Å². The Labute approximate surface area is 249 Å². The van der Waals surface area contributed by atoms with E-state index in [9.17, 15) is 26.8 Å². The number of hydrogen-bond donors (Lipinski definition) is 1. The maximum atomic E-state index is 13.8. The van der Waals surface area contributed by atoms with E-state index in [-0.39, 0.29) is 43.9 Å². The van der Waals surface area contributed by atoms with Gasteiger partial charge in [0.15, 0.2) is 11.6 Å². The van der Waals surface area contributed by atoms with Crippen molar-refractivity contribution in [2.24, 2.45) is 0 Å². The average Bonchev–Trinajstić information content (AvgIpc) is 2.91. The van der Waals surface area contributed by atoms with Gasteiger partial charge in [0.2, 0.25) is 21.8 Å². The number of amides is 2. The zero-order valence-electron chi connectivity index (χ0n) is 22.6. The predicted molar refractivity (Wildman–Crippen MR) is 157 cm³/mol. The fourth-order valence-electron chi connectivity index (χ4n) is 4.32. The zero-order chi connectivity index (χ0) is 30.2. The highest BCUT2D eigenvalue weighted by Gasteiger charge is 2.31. The molecule has 0 aliphatic carbocycles. The molecule has 3 rings (SSSR count). The number of benzene rings is 3. The van der Waals surface area contributed by atoms with Gasteiger partial charge in [-0.3, -0.25) is 13.9 Å². The number of likely N-dealkylation sites (N-methyl/N-ethyl adjacent to an activating group) is 1. The number of rotatable bonds is 13. The molecule has 0 spiro atoms. The number of hydrogen-bond acceptors (Lipinski definition) is 4.